The zero-order valence-electron chi connectivity index (χ0n) is 12.3. The number of nitrogens with zero attached hydrogens (tertiary/aromatic N) is 1. The Bertz CT molecular complexity index is 689. The van der Waals surface area contributed by atoms with Gasteiger partial charge in [-0.1, -0.05) is 24.3 Å². The molecular formula is C16H16N2O3S. The van der Waals surface area contributed by atoms with Gasteiger partial charge in [-0.15, -0.1) is 11.8 Å². The van der Waals surface area contributed by atoms with Crippen molar-refractivity contribution in [1.29, 1.82) is 0 Å². The standard InChI is InChI=1S/C16H16N2O3S/c1-11-8-9-13(18(20)21)10-15(11)17-16(19)12(2)22-14-6-4-3-5-7-14/h3-10,12H,1-2H3,(H,17,19)/t12-/m1/s1. The summed E-state index contributed by atoms with van der Waals surface area (Å²) in [6.07, 6.45) is 0. The van der Waals surface area contributed by atoms with E-state index in [1.165, 1.54) is 23.9 Å². The van der Waals surface area contributed by atoms with Crippen LogP contribution in [0.15, 0.2) is 53.4 Å². The summed E-state index contributed by atoms with van der Waals surface area (Å²) in [5, 5.41) is 13.3. The topological polar surface area (TPSA) is 72.2 Å². The molecule has 0 fully saturated rings. The maximum Gasteiger partial charge on any atom is 0.271 e. The van der Waals surface area contributed by atoms with Gasteiger partial charge in [-0.25, -0.2) is 0 Å². The molecule has 0 aliphatic heterocycles. The summed E-state index contributed by atoms with van der Waals surface area (Å²) in [4.78, 5) is 23.6. The molecule has 0 aromatic heterocycles. The third-order valence-corrected chi connectivity index (χ3v) is 4.23. The number of hydrogen-bond donors (Lipinski definition) is 1. The van der Waals surface area contributed by atoms with Gasteiger partial charge in [0.2, 0.25) is 5.91 Å². The number of nitro groups is 1. The van der Waals surface area contributed by atoms with Crippen molar-refractivity contribution in [3.05, 3.63) is 64.2 Å². The van der Waals surface area contributed by atoms with Gasteiger partial charge in [0.25, 0.3) is 5.69 Å². The number of amides is 1. The number of carbonyl (C=O) groups excluding carboxylic acids is 1. The Morgan fingerprint density at radius 3 is 2.55 bits per heavy atom. The van der Waals surface area contributed by atoms with Gasteiger partial charge in [0.05, 0.1) is 15.9 Å². The maximum atomic E-state index is 12.2. The highest BCUT2D eigenvalue weighted by atomic mass is 32.2. The molecule has 1 N–H and O–H groups in total. The van der Waals surface area contributed by atoms with Gasteiger partial charge in [0.1, 0.15) is 0 Å². The number of carbonyl (C=O) groups is 1. The first-order valence-corrected chi connectivity index (χ1v) is 7.63. The number of aryl methyl sites for hydroxylation is 1. The number of non-ortho nitro benzene ring substituents is 1. The highest BCUT2D eigenvalue weighted by Gasteiger charge is 2.17. The predicted molar refractivity (Wildman–Crippen MR) is 88.2 cm³/mol. The Balaban J connectivity index is 2.08. The molecule has 0 saturated heterocycles. The first-order chi connectivity index (χ1) is 10.5. The third-order valence-electron chi connectivity index (χ3n) is 3.12. The van der Waals surface area contributed by atoms with E-state index < -0.39 is 4.92 Å². The fraction of sp³-hybridized carbons (Fsp3) is 0.188. The quantitative estimate of drug-likeness (QED) is 0.513. The number of rotatable bonds is 5. The van der Waals surface area contributed by atoms with Gasteiger partial charge in [-0.2, -0.15) is 0 Å². The summed E-state index contributed by atoms with van der Waals surface area (Å²) in [6.45, 7) is 3.61. The van der Waals surface area contributed by atoms with Crippen molar-refractivity contribution in [1.82, 2.24) is 0 Å². The predicted octanol–water partition coefficient (Wildman–Crippen LogP) is 4.02. The first kappa shape index (κ1) is 16.0. The lowest BCUT2D eigenvalue weighted by molar-refractivity contribution is -0.384. The summed E-state index contributed by atoms with van der Waals surface area (Å²) in [5.74, 6) is -0.183. The molecule has 2 rings (SSSR count). The van der Waals surface area contributed by atoms with Gasteiger partial charge in [-0.05, 0) is 31.5 Å². The van der Waals surface area contributed by atoms with E-state index >= 15 is 0 Å². The normalized spacial score (nSPS) is 11.7. The Kier molecular flexibility index (Phi) is 5.16. The molecule has 0 saturated carbocycles. The van der Waals surface area contributed by atoms with Crippen molar-refractivity contribution in [2.75, 3.05) is 5.32 Å². The van der Waals surface area contributed by atoms with Gasteiger partial charge in [0.15, 0.2) is 0 Å². The van der Waals surface area contributed by atoms with E-state index in [2.05, 4.69) is 5.32 Å². The number of benzene rings is 2. The zero-order valence-corrected chi connectivity index (χ0v) is 13.1. The van der Waals surface area contributed by atoms with Crippen LogP contribution in [0.5, 0.6) is 0 Å². The number of anilines is 1. The van der Waals surface area contributed by atoms with E-state index in [1.54, 1.807) is 19.9 Å². The van der Waals surface area contributed by atoms with Crippen LogP contribution in [-0.4, -0.2) is 16.1 Å². The molecule has 0 radical (unpaired) electrons. The number of hydrogen-bond acceptors (Lipinski definition) is 4. The van der Waals surface area contributed by atoms with Crippen LogP contribution < -0.4 is 5.32 Å². The highest BCUT2D eigenvalue weighted by molar-refractivity contribution is 8.00. The summed E-state index contributed by atoms with van der Waals surface area (Å²) < 4.78 is 0. The minimum atomic E-state index is -0.475. The van der Waals surface area contributed by atoms with E-state index in [-0.39, 0.29) is 16.8 Å². The maximum absolute atomic E-state index is 12.2. The second-order valence-corrected chi connectivity index (χ2v) is 6.23. The van der Waals surface area contributed by atoms with Gasteiger partial charge < -0.3 is 5.32 Å². The highest BCUT2D eigenvalue weighted by Crippen LogP contribution is 2.26. The molecule has 1 amide bonds. The summed E-state index contributed by atoms with van der Waals surface area (Å²) in [7, 11) is 0. The van der Waals surface area contributed by atoms with Crippen molar-refractivity contribution < 1.29 is 9.72 Å². The first-order valence-electron chi connectivity index (χ1n) is 6.75. The lowest BCUT2D eigenvalue weighted by Gasteiger charge is -2.13. The molecule has 0 heterocycles. The van der Waals surface area contributed by atoms with Crippen molar-refractivity contribution in [3.8, 4) is 0 Å². The van der Waals surface area contributed by atoms with Crippen molar-refractivity contribution >= 4 is 29.0 Å². The second-order valence-electron chi connectivity index (χ2n) is 4.82. The zero-order chi connectivity index (χ0) is 16.1. The Labute approximate surface area is 132 Å². The monoisotopic (exact) mass is 316 g/mol. The summed E-state index contributed by atoms with van der Waals surface area (Å²) in [6, 6.07) is 14.1. The molecule has 1 atom stereocenters. The smallest absolute Gasteiger partial charge is 0.271 e. The van der Waals surface area contributed by atoms with E-state index in [4.69, 9.17) is 0 Å². The number of nitro benzene ring substituents is 1. The average Bonchev–Trinajstić information content (AvgIpc) is 2.50. The number of nitrogens with one attached hydrogen (secondary N) is 1. The van der Waals surface area contributed by atoms with Crippen LogP contribution in [0.25, 0.3) is 0 Å². The summed E-state index contributed by atoms with van der Waals surface area (Å²) in [5.41, 5.74) is 1.22. The fourth-order valence-corrected chi connectivity index (χ4v) is 2.74. The molecule has 0 spiro atoms. The molecule has 2 aromatic rings. The molecule has 0 aliphatic carbocycles. The average molecular weight is 316 g/mol. The van der Waals surface area contributed by atoms with Crippen molar-refractivity contribution in [3.63, 3.8) is 0 Å². The van der Waals surface area contributed by atoms with E-state index in [1.807, 2.05) is 30.3 Å². The fourth-order valence-electron chi connectivity index (χ4n) is 1.85. The number of thioether (sulfide) groups is 1. The van der Waals surface area contributed by atoms with Gasteiger partial charge in [0, 0.05) is 17.0 Å². The molecule has 114 valence electrons. The largest absolute Gasteiger partial charge is 0.325 e. The summed E-state index contributed by atoms with van der Waals surface area (Å²) >= 11 is 1.44. The SMILES string of the molecule is Cc1ccc([N+](=O)[O-])cc1NC(=O)[C@@H](C)Sc1ccccc1. The molecule has 2 aromatic carbocycles. The third kappa shape index (κ3) is 4.08. The molecule has 5 nitrogen and oxygen atoms in total. The second kappa shape index (κ2) is 7.09. The van der Waals surface area contributed by atoms with Crippen LogP contribution in [0.1, 0.15) is 12.5 Å². The van der Waals surface area contributed by atoms with E-state index in [0.29, 0.717) is 5.69 Å². The van der Waals surface area contributed by atoms with E-state index in [9.17, 15) is 14.9 Å². The van der Waals surface area contributed by atoms with Crippen LogP contribution >= 0.6 is 11.8 Å². The Morgan fingerprint density at radius 1 is 1.23 bits per heavy atom. The van der Waals surface area contributed by atoms with Crippen LogP contribution in [0.4, 0.5) is 11.4 Å². The molecule has 0 unspecified atom stereocenters. The minimum absolute atomic E-state index is 0.0377. The van der Waals surface area contributed by atoms with Crippen molar-refractivity contribution in [2.45, 2.75) is 24.0 Å². The lowest BCUT2D eigenvalue weighted by Crippen LogP contribution is -2.22. The Hall–Kier alpha value is -2.34. The van der Waals surface area contributed by atoms with E-state index in [0.717, 1.165) is 10.5 Å². The minimum Gasteiger partial charge on any atom is -0.325 e. The lowest BCUT2D eigenvalue weighted by atomic mass is 10.2. The van der Waals surface area contributed by atoms with Gasteiger partial charge in [-0.3, -0.25) is 14.9 Å². The van der Waals surface area contributed by atoms with Crippen molar-refractivity contribution in [2.24, 2.45) is 0 Å². The molecule has 0 aliphatic rings. The van der Waals surface area contributed by atoms with Crippen LogP contribution in [0.3, 0.4) is 0 Å². The molecule has 22 heavy (non-hydrogen) atoms. The van der Waals surface area contributed by atoms with Crippen LogP contribution in [0, 0.1) is 17.0 Å². The van der Waals surface area contributed by atoms with Crippen LogP contribution in [-0.2, 0) is 4.79 Å². The Morgan fingerprint density at radius 2 is 1.91 bits per heavy atom. The molecular weight excluding hydrogens is 300 g/mol. The van der Waals surface area contributed by atoms with Crippen LogP contribution in [0.2, 0.25) is 0 Å². The molecule has 6 heteroatoms. The molecule has 0 bridgehead atoms. The van der Waals surface area contributed by atoms with Gasteiger partial charge >= 0.3 is 0 Å².